The van der Waals surface area contributed by atoms with Crippen molar-refractivity contribution in [2.75, 3.05) is 31.6 Å². The topological polar surface area (TPSA) is 59.1 Å². The number of methoxy groups -OCH3 is 1. The first-order valence-corrected chi connectivity index (χ1v) is 9.06. The number of hydrogen-bond donors (Lipinski definition) is 0. The third-order valence-electron chi connectivity index (χ3n) is 4.13. The average Bonchev–Trinajstić information content (AvgIpc) is 2.53. The van der Waals surface area contributed by atoms with Gasteiger partial charge in [0.2, 0.25) is 0 Å². The van der Waals surface area contributed by atoms with Crippen LogP contribution in [0.2, 0.25) is 5.02 Å². The Hall–Kier alpha value is -1.95. The number of ether oxygens (including phenoxy) is 2. The van der Waals surface area contributed by atoms with Gasteiger partial charge in [0.25, 0.3) is 0 Å². The summed E-state index contributed by atoms with van der Waals surface area (Å²) >= 11 is 6.10. The van der Waals surface area contributed by atoms with Crippen LogP contribution in [0.4, 0.5) is 10.5 Å². The van der Waals surface area contributed by atoms with Crippen molar-refractivity contribution in [3.63, 3.8) is 0 Å². The zero-order valence-corrected chi connectivity index (χ0v) is 16.8. The fourth-order valence-corrected chi connectivity index (χ4v) is 3.20. The molecular formula is C19H27ClN2O4. The Morgan fingerprint density at radius 1 is 1.27 bits per heavy atom. The van der Waals surface area contributed by atoms with Crippen molar-refractivity contribution >= 4 is 29.2 Å². The molecule has 0 unspecified atom stereocenters. The van der Waals surface area contributed by atoms with Crippen LogP contribution >= 0.6 is 11.6 Å². The van der Waals surface area contributed by atoms with Gasteiger partial charge in [0, 0.05) is 37.8 Å². The second kappa shape index (κ2) is 8.16. The van der Waals surface area contributed by atoms with E-state index in [0.717, 1.165) is 5.69 Å². The van der Waals surface area contributed by atoms with Gasteiger partial charge in [-0.1, -0.05) is 11.6 Å². The maximum absolute atomic E-state index is 12.5. The van der Waals surface area contributed by atoms with Gasteiger partial charge in [-0.15, -0.1) is 0 Å². The molecule has 1 aliphatic heterocycles. The van der Waals surface area contributed by atoms with Crippen LogP contribution in [0.15, 0.2) is 18.2 Å². The maximum Gasteiger partial charge on any atom is 0.410 e. The molecule has 6 nitrogen and oxygen atoms in total. The number of rotatable bonds is 4. The van der Waals surface area contributed by atoms with Crippen LogP contribution in [0.25, 0.3) is 0 Å². The molecule has 26 heavy (non-hydrogen) atoms. The summed E-state index contributed by atoms with van der Waals surface area (Å²) in [5.74, 6) is 0.640. The summed E-state index contributed by atoms with van der Waals surface area (Å²) in [5, 5.41) is 0.545. The van der Waals surface area contributed by atoms with E-state index in [-0.39, 0.29) is 17.9 Å². The highest BCUT2D eigenvalue weighted by atomic mass is 35.5. The molecule has 0 saturated carbocycles. The normalized spacial score (nSPS) is 17.8. The second-order valence-corrected chi connectivity index (χ2v) is 7.91. The molecular weight excluding hydrogens is 356 g/mol. The Labute approximate surface area is 160 Å². The van der Waals surface area contributed by atoms with E-state index in [4.69, 9.17) is 21.1 Å². The number of halogens is 1. The van der Waals surface area contributed by atoms with Gasteiger partial charge in [0.15, 0.2) is 0 Å². The minimum atomic E-state index is -0.571. The molecule has 144 valence electrons. The van der Waals surface area contributed by atoms with E-state index in [1.165, 1.54) is 6.92 Å². The first kappa shape index (κ1) is 20.4. The fraction of sp³-hybridized carbons (Fsp3) is 0.579. The average molecular weight is 383 g/mol. The van der Waals surface area contributed by atoms with Crippen molar-refractivity contribution in [1.29, 1.82) is 0 Å². The summed E-state index contributed by atoms with van der Waals surface area (Å²) in [6.07, 6.45) is -0.0856. The van der Waals surface area contributed by atoms with Gasteiger partial charge in [0.1, 0.15) is 17.1 Å². The van der Waals surface area contributed by atoms with Gasteiger partial charge in [-0.05, 0) is 39.8 Å². The van der Waals surface area contributed by atoms with Gasteiger partial charge in [-0.2, -0.15) is 0 Å². The largest absolute Gasteiger partial charge is 0.495 e. The molecule has 1 aromatic rings. The molecule has 1 fully saturated rings. The predicted octanol–water partition coefficient (Wildman–Crippen LogP) is 3.75. The minimum absolute atomic E-state index is 0.0408. The number of anilines is 1. The molecule has 1 heterocycles. The minimum Gasteiger partial charge on any atom is -0.495 e. The van der Waals surface area contributed by atoms with E-state index >= 15 is 0 Å². The Morgan fingerprint density at radius 2 is 1.96 bits per heavy atom. The zero-order chi connectivity index (χ0) is 19.5. The van der Waals surface area contributed by atoms with Crippen LogP contribution < -0.4 is 9.64 Å². The molecule has 0 N–H and O–H groups in total. The summed E-state index contributed by atoms with van der Waals surface area (Å²) in [6.45, 7) is 8.71. The van der Waals surface area contributed by atoms with Crippen molar-refractivity contribution in [3.8, 4) is 5.75 Å². The van der Waals surface area contributed by atoms with Crippen LogP contribution in [0.1, 0.15) is 34.1 Å². The molecule has 1 aromatic carbocycles. The molecule has 0 radical (unpaired) electrons. The quantitative estimate of drug-likeness (QED) is 0.793. The SMILES string of the molecule is COc1cc(N2CCN(C(=O)OC(C)(C)C)[C@@H](CC(C)=O)C2)ccc1Cl. The molecule has 2 rings (SSSR count). The summed E-state index contributed by atoms with van der Waals surface area (Å²) < 4.78 is 10.8. The number of carbonyl (C=O) groups is 2. The van der Waals surface area contributed by atoms with Crippen molar-refractivity contribution in [2.24, 2.45) is 0 Å². The first-order chi connectivity index (χ1) is 12.1. The molecule has 0 spiro atoms. The third kappa shape index (κ3) is 5.27. The van der Waals surface area contributed by atoms with Crippen molar-refractivity contribution in [3.05, 3.63) is 23.2 Å². The van der Waals surface area contributed by atoms with Crippen LogP contribution in [0.3, 0.4) is 0 Å². The number of benzene rings is 1. The highest BCUT2D eigenvalue weighted by Gasteiger charge is 2.34. The molecule has 0 aliphatic carbocycles. The van der Waals surface area contributed by atoms with Crippen LogP contribution in [0.5, 0.6) is 5.75 Å². The number of Topliss-reactive ketones (excluding diaryl/α,β-unsaturated/α-hetero) is 1. The number of carbonyl (C=O) groups excluding carboxylic acids is 2. The Kier molecular flexibility index (Phi) is 6.39. The van der Waals surface area contributed by atoms with Crippen molar-refractivity contribution in [2.45, 2.75) is 45.8 Å². The molecule has 0 bridgehead atoms. The fourth-order valence-electron chi connectivity index (χ4n) is 3.00. The molecule has 1 amide bonds. The van der Waals surface area contributed by atoms with Crippen LogP contribution in [-0.2, 0) is 9.53 Å². The summed E-state index contributed by atoms with van der Waals surface area (Å²) in [4.78, 5) is 28.0. The predicted molar refractivity (Wildman–Crippen MR) is 102 cm³/mol. The number of amides is 1. The zero-order valence-electron chi connectivity index (χ0n) is 16.0. The second-order valence-electron chi connectivity index (χ2n) is 7.50. The smallest absolute Gasteiger partial charge is 0.410 e. The van der Waals surface area contributed by atoms with E-state index in [0.29, 0.717) is 36.8 Å². The number of nitrogens with zero attached hydrogens (tertiary/aromatic N) is 2. The van der Waals surface area contributed by atoms with Crippen molar-refractivity contribution < 1.29 is 19.1 Å². The number of hydrogen-bond acceptors (Lipinski definition) is 5. The lowest BCUT2D eigenvalue weighted by Crippen LogP contribution is -2.56. The maximum atomic E-state index is 12.5. The van der Waals surface area contributed by atoms with Gasteiger partial charge in [0.05, 0.1) is 18.2 Å². The van der Waals surface area contributed by atoms with Gasteiger partial charge in [-0.25, -0.2) is 4.79 Å². The molecule has 1 saturated heterocycles. The molecule has 0 aromatic heterocycles. The van der Waals surface area contributed by atoms with Gasteiger partial charge >= 0.3 is 6.09 Å². The van der Waals surface area contributed by atoms with Crippen molar-refractivity contribution in [1.82, 2.24) is 4.90 Å². The van der Waals surface area contributed by atoms with E-state index < -0.39 is 5.60 Å². The van der Waals surface area contributed by atoms with Crippen LogP contribution in [-0.4, -0.2) is 55.2 Å². The summed E-state index contributed by atoms with van der Waals surface area (Å²) in [7, 11) is 1.57. The lowest BCUT2D eigenvalue weighted by Gasteiger charge is -2.42. The summed E-state index contributed by atoms with van der Waals surface area (Å²) in [6, 6.07) is 5.34. The molecule has 1 atom stereocenters. The lowest BCUT2D eigenvalue weighted by molar-refractivity contribution is -0.118. The number of piperazine rings is 1. The van der Waals surface area contributed by atoms with E-state index in [1.807, 2.05) is 32.9 Å². The lowest BCUT2D eigenvalue weighted by atomic mass is 10.1. The summed E-state index contributed by atoms with van der Waals surface area (Å²) in [5.41, 5.74) is 0.377. The Balaban J connectivity index is 2.19. The Morgan fingerprint density at radius 3 is 2.54 bits per heavy atom. The molecule has 1 aliphatic rings. The van der Waals surface area contributed by atoms with E-state index in [9.17, 15) is 9.59 Å². The van der Waals surface area contributed by atoms with E-state index in [1.54, 1.807) is 18.1 Å². The van der Waals surface area contributed by atoms with Gasteiger partial charge in [-0.3, -0.25) is 4.79 Å². The first-order valence-electron chi connectivity index (χ1n) is 8.68. The van der Waals surface area contributed by atoms with E-state index in [2.05, 4.69) is 4.90 Å². The number of ketones is 1. The molecule has 7 heteroatoms. The van der Waals surface area contributed by atoms with Gasteiger partial charge < -0.3 is 19.3 Å². The standard InChI is InChI=1S/C19H27ClN2O4/c1-13(23)10-15-12-21(14-6-7-16(20)17(11-14)25-5)8-9-22(15)18(24)26-19(2,3)4/h6-7,11,15H,8-10,12H2,1-5H3/t15-/m0/s1. The highest BCUT2D eigenvalue weighted by Crippen LogP contribution is 2.31. The highest BCUT2D eigenvalue weighted by molar-refractivity contribution is 6.32. The Bertz CT molecular complexity index is 672. The van der Waals surface area contributed by atoms with Crippen LogP contribution in [0, 0.1) is 0 Å². The monoisotopic (exact) mass is 382 g/mol. The third-order valence-corrected chi connectivity index (χ3v) is 4.45.